The molecule has 0 atom stereocenters. The molecule has 0 aliphatic heterocycles. The number of hydrogen-bond donors (Lipinski definition) is 0. The van der Waals surface area contributed by atoms with E-state index in [1.165, 1.54) is 0 Å². The molecule has 12 heteroatoms. The molecule has 0 N–H and O–H groups in total. The lowest BCUT2D eigenvalue weighted by atomic mass is 10.2. The second-order valence-corrected chi connectivity index (χ2v) is 32.4. The smallest absolute Gasteiger partial charge is 0.156 e. The van der Waals surface area contributed by atoms with Gasteiger partial charge in [0.05, 0.1) is 51.6 Å². The average Bonchev–Trinajstić information content (AvgIpc) is 3.44. The lowest BCUT2D eigenvalue weighted by Gasteiger charge is -2.32. The summed E-state index contributed by atoms with van der Waals surface area (Å²) in [5, 5.41) is 5.96. The molecule has 78 heavy (non-hydrogen) atoms. The van der Waals surface area contributed by atoms with Crippen LogP contribution in [-0.4, -0.2) is 74.5 Å². The maximum absolute atomic E-state index is 15.9. The van der Waals surface area contributed by atoms with Crippen molar-refractivity contribution in [3.63, 3.8) is 0 Å². The first-order chi connectivity index (χ1) is 37.4. The van der Waals surface area contributed by atoms with E-state index in [9.17, 15) is 0 Å². The molecule has 0 unspecified atom stereocenters. The van der Waals surface area contributed by atoms with Gasteiger partial charge in [0.25, 0.3) is 0 Å². The zero-order valence-corrected chi connectivity index (χ0v) is 50.3. The fraction of sp³-hybridized carbons (Fsp3) is 0.273. The van der Waals surface area contributed by atoms with E-state index in [0.717, 1.165) is 86.9 Å². The zero-order valence-electron chi connectivity index (χ0n) is 46.7. The second-order valence-electron chi connectivity index (χ2n) is 21.2. The first kappa shape index (κ1) is 58.7. The van der Waals surface area contributed by atoms with E-state index in [0.29, 0.717) is 13.1 Å². The summed E-state index contributed by atoms with van der Waals surface area (Å²) in [7, 11) is -13.3. The molecule has 8 aromatic carbocycles. The van der Waals surface area contributed by atoms with Crippen LogP contribution in [0.25, 0.3) is 0 Å². The van der Waals surface area contributed by atoms with Gasteiger partial charge in [-0.15, -0.1) is 0 Å². The minimum absolute atomic E-state index is 0.153. The highest BCUT2D eigenvalue weighted by Crippen LogP contribution is 2.51. The minimum atomic E-state index is -3.32. The van der Waals surface area contributed by atoms with Gasteiger partial charge >= 0.3 is 0 Å². The number of benzene rings is 8. The first-order valence-corrected chi connectivity index (χ1v) is 34.5. The average molecular weight is 1120 g/mol. The highest BCUT2D eigenvalue weighted by atomic mass is 31.2. The van der Waals surface area contributed by atoms with E-state index >= 15 is 18.3 Å². The van der Waals surface area contributed by atoms with Crippen molar-refractivity contribution >= 4 is 71.0 Å². The molecule has 0 spiro atoms. The van der Waals surface area contributed by atoms with Gasteiger partial charge in [0.15, 0.2) is 28.6 Å². The van der Waals surface area contributed by atoms with Gasteiger partial charge in [-0.2, -0.15) is 0 Å². The second kappa shape index (κ2) is 26.2. The molecule has 0 radical (unpaired) electrons. The Morgan fingerprint density at radius 1 is 0.244 bits per heavy atom. The van der Waals surface area contributed by atoms with Gasteiger partial charge in [-0.1, -0.05) is 239 Å². The van der Waals surface area contributed by atoms with Crippen molar-refractivity contribution in [3.8, 4) is 0 Å². The number of nitrogens with zero attached hydrogens (tertiary/aromatic N) is 2. The summed E-state index contributed by atoms with van der Waals surface area (Å²) in [5.41, 5.74) is 8.60. The quantitative estimate of drug-likeness (QED) is 0.0413. The molecule has 8 nitrogen and oxygen atoms in total. The maximum Gasteiger partial charge on any atom is 0.156 e. The van der Waals surface area contributed by atoms with Crippen molar-refractivity contribution in [1.82, 2.24) is 9.80 Å². The zero-order chi connectivity index (χ0) is 55.5. The molecule has 0 bridgehead atoms. The normalized spacial score (nSPS) is 12.4. The molecule has 0 amide bonds. The predicted octanol–water partition coefficient (Wildman–Crippen LogP) is 12.0. The molecule has 406 valence electrons. The standard InChI is InChI=1S/C66H76N2O6P4/c1-51-9-25-59(26-10-51)75(69,60-27-11-52(2)12-28-60)47-67(48-76(70,61-29-13-53(3)14-30-61)62-31-15-54(4)16-32-62)41-43-73-45-46-74-44-42-68(49-77(71,63-33-17-55(5)18-34-63)64-35-19-56(6)20-36-64)50-78(72,65-37-21-57(7)22-38-65)66-39-23-58(8)24-40-66/h9-40H,41-50H2,1-8H3. The van der Waals surface area contributed by atoms with Gasteiger partial charge in [-0.3, -0.25) is 9.80 Å². The highest BCUT2D eigenvalue weighted by molar-refractivity contribution is 7.80. The lowest BCUT2D eigenvalue weighted by Crippen LogP contribution is -2.37. The molecule has 0 aliphatic rings. The van der Waals surface area contributed by atoms with Gasteiger partial charge in [-0.25, -0.2) is 0 Å². The molecule has 0 saturated carbocycles. The summed E-state index contributed by atoms with van der Waals surface area (Å²) in [6, 6.07) is 63.6. The van der Waals surface area contributed by atoms with Crippen LogP contribution in [-0.2, 0) is 27.7 Å². The number of rotatable bonds is 25. The molecule has 0 fully saturated rings. The Bertz CT molecular complexity index is 2770. The van der Waals surface area contributed by atoms with Gasteiger partial charge < -0.3 is 27.7 Å². The van der Waals surface area contributed by atoms with Crippen LogP contribution in [0.5, 0.6) is 0 Å². The summed E-state index contributed by atoms with van der Waals surface area (Å²) in [4.78, 5) is 4.17. The third-order valence-electron chi connectivity index (χ3n) is 14.7. The van der Waals surface area contributed by atoms with Crippen molar-refractivity contribution in [3.05, 3.63) is 239 Å². The Balaban J connectivity index is 1.04. The number of ether oxygens (including phenoxy) is 2. The molecule has 8 rings (SSSR count). The van der Waals surface area contributed by atoms with Crippen LogP contribution in [0.4, 0.5) is 0 Å². The van der Waals surface area contributed by atoms with Crippen molar-refractivity contribution in [2.24, 2.45) is 0 Å². The Morgan fingerprint density at radius 3 is 0.526 bits per heavy atom. The van der Waals surface area contributed by atoms with Gasteiger partial charge in [0, 0.05) is 55.5 Å². The van der Waals surface area contributed by atoms with E-state index < -0.39 is 28.6 Å². The fourth-order valence-electron chi connectivity index (χ4n) is 9.74. The maximum atomic E-state index is 15.9. The lowest BCUT2D eigenvalue weighted by molar-refractivity contribution is 0.0362. The highest BCUT2D eigenvalue weighted by Gasteiger charge is 2.37. The van der Waals surface area contributed by atoms with Crippen molar-refractivity contribution in [2.45, 2.75) is 55.4 Å². The summed E-state index contributed by atoms with van der Waals surface area (Å²) < 4.78 is 76.2. The van der Waals surface area contributed by atoms with Crippen LogP contribution >= 0.6 is 28.6 Å². The van der Waals surface area contributed by atoms with Crippen LogP contribution in [0.15, 0.2) is 194 Å². The first-order valence-electron chi connectivity index (χ1n) is 26.9. The topological polar surface area (TPSA) is 93.2 Å². The molecular weight excluding hydrogens is 1040 g/mol. The van der Waals surface area contributed by atoms with E-state index in [-0.39, 0.29) is 51.6 Å². The van der Waals surface area contributed by atoms with E-state index in [1.54, 1.807) is 0 Å². The van der Waals surface area contributed by atoms with Crippen molar-refractivity contribution in [1.29, 1.82) is 0 Å². The van der Waals surface area contributed by atoms with Crippen LogP contribution in [0, 0.1) is 55.4 Å². The Hall–Kier alpha value is -5.48. The van der Waals surface area contributed by atoms with Gasteiger partial charge in [0.2, 0.25) is 0 Å². The summed E-state index contributed by atoms with van der Waals surface area (Å²) in [5.74, 6) is 0. The van der Waals surface area contributed by atoms with Gasteiger partial charge in [0.1, 0.15) is 0 Å². The molecule has 8 aromatic rings. The predicted molar refractivity (Wildman–Crippen MR) is 331 cm³/mol. The Morgan fingerprint density at radius 2 is 0.385 bits per heavy atom. The van der Waals surface area contributed by atoms with E-state index in [1.807, 2.05) is 250 Å². The van der Waals surface area contributed by atoms with E-state index in [4.69, 9.17) is 9.47 Å². The van der Waals surface area contributed by atoms with Crippen LogP contribution in [0.3, 0.4) is 0 Å². The monoisotopic (exact) mass is 1120 g/mol. The number of aryl methyl sites for hydroxylation is 8. The van der Waals surface area contributed by atoms with Gasteiger partial charge in [-0.05, 0) is 55.4 Å². The SMILES string of the molecule is Cc1ccc(P(=O)(CN(CCOCCOCCN(CP(=O)(c2ccc(C)cc2)c2ccc(C)cc2)CP(=O)(c2ccc(C)cc2)c2ccc(C)cc2)CP(=O)(c2ccc(C)cc2)c2ccc(C)cc2)c2ccc(C)cc2)cc1. The molecule has 0 aromatic heterocycles. The summed E-state index contributed by atoms with van der Waals surface area (Å²) in [6.07, 6.45) is 0.613. The Kier molecular flexibility index (Phi) is 19.7. The molecule has 0 heterocycles. The van der Waals surface area contributed by atoms with Crippen molar-refractivity contribution < 1.29 is 27.7 Å². The Labute approximate surface area is 464 Å². The summed E-state index contributed by atoms with van der Waals surface area (Å²) in [6.45, 7) is 18.0. The minimum Gasteiger partial charge on any atom is -0.378 e. The van der Waals surface area contributed by atoms with Crippen LogP contribution in [0.2, 0.25) is 0 Å². The molecule has 0 saturated heterocycles. The van der Waals surface area contributed by atoms with Crippen LogP contribution < -0.4 is 42.4 Å². The van der Waals surface area contributed by atoms with E-state index in [2.05, 4.69) is 9.80 Å². The fourth-order valence-corrected chi connectivity index (χ4v) is 20.8. The third kappa shape index (κ3) is 14.5. The molecular formula is C66H76N2O6P4. The molecule has 0 aliphatic carbocycles. The number of hydrogen-bond acceptors (Lipinski definition) is 8. The van der Waals surface area contributed by atoms with Crippen LogP contribution in [0.1, 0.15) is 44.5 Å². The third-order valence-corrected chi connectivity index (χ3v) is 26.9. The summed E-state index contributed by atoms with van der Waals surface area (Å²) >= 11 is 0. The van der Waals surface area contributed by atoms with Crippen molar-refractivity contribution in [2.75, 3.05) is 64.7 Å². The largest absolute Gasteiger partial charge is 0.378 e.